The summed E-state index contributed by atoms with van der Waals surface area (Å²) in [6.45, 7) is 1.97. The number of hydrogen-bond donors (Lipinski definition) is 1. The maximum absolute atomic E-state index is 10.2. The van der Waals surface area contributed by atoms with Crippen LogP contribution in [0.2, 0.25) is 0 Å². The lowest BCUT2D eigenvalue weighted by Crippen LogP contribution is -2.32. The van der Waals surface area contributed by atoms with Gasteiger partial charge in [-0.2, -0.15) is 0 Å². The monoisotopic (exact) mass is 126 g/mol. The van der Waals surface area contributed by atoms with Gasteiger partial charge in [-0.15, -0.1) is 0 Å². The molecule has 9 heavy (non-hydrogen) atoms. The van der Waals surface area contributed by atoms with E-state index < -0.39 is 0 Å². The molecule has 0 aliphatic carbocycles. The Morgan fingerprint density at radius 2 is 2.56 bits per heavy atom. The van der Waals surface area contributed by atoms with E-state index in [0.29, 0.717) is 0 Å². The summed E-state index contributed by atoms with van der Waals surface area (Å²) in [5, 5.41) is 1.88. The van der Waals surface area contributed by atoms with Gasteiger partial charge in [0.25, 0.3) is 0 Å². The summed E-state index contributed by atoms with van der Waals surface area (Å²) < 4.78 is 0. The van der Waals surface area contributed by atoms with Crippen LogP contribution in [0.3, 0.4) is 0 Å². The molecule has 1 aliphatic heterocycles. The lowest BCUT2D eigenvalue weighted by Gasteiger charge is -2.14. The molecule has 1 unspecified atom stereocenters. The van der Waals surface area contributed by atoms with Gasteiger partial charge < -0.3 is 5.43 Å². The second-order valence-electron chi connectivity index (χ2n) is 2.18. The third-order valence-corrected chi connectivity index (χ3v) is 1.63. The van der Waals surface area contributed by atoms with Crippen LogP contribution in [0, 0.1) is 0 Å². The van der Waals surface area contributed by atoms with E-state index in [1.54, 1.807) is 6.20 Å². The highest BCUT2D eigenvalue weighted by atomic mass is 16.1. The van der Waals surface area contributed by atoms with Gasteiger partial charge in [-0.3, -0.25) is 4.79 Å². The average Bonchev–Trinajstić information content (AvgIpc) is 2.15. The largest absolute Gasteiger partial charge is 0.325 e. The third kappa shape index (κ3) is 0.954. The van der Waals surface area contributed by atoms with Gasteiger partial charge in [-0.05, 0) is 6.92 Å². The van der Waals surface area contributed by atoms with Crippen LogP contribution in [0.1, 0.15) is 6.92 Å². The van der Waals surface area contributed by atoms with Gasteiger partial charge in [0.15, 0.2) is 0 Å². The molecule has 0 amide bonds. The molecule has 1 atom stereocenters. The molecule has 0 fully saturated rings. The van der Waals surface area contributed by atoms with Crippen LogP contribution in [0.25, 0.3) is 0 Å². The van der Waals surface area contributed by atoms with Gasteiger partial charge in [0.2, 0.25) is 0 Å². The zero-order valence-corrected chi connectivity index (χ0v) is 5.59. The van der Waals surface area contributed by atoms with E-state index in [1.807, 2.05) is 19.0 Å². The molecule has 0 bridgehead atoms. The first-order chi connectivity index (χ1) is 4.25. The number of carbonyl (C=O) groups is 1. The van der Waals surface area contributed by atoms with Crippen LogP contribution in [-0.4, -0.2) is 24.4 Å². The molecule has 1 rings (SSSR count). The quantitative estimate of drug-likeness (QED) is 0.498. The Balaban J connectivity index is 2.66. The number of hydrogen-bond acceptors (Lipinski definition) is 3. The van der Waals surface area contributed by atoms with Crippen LogP contribution >= 0.6 is 0 Å². The Hall–Kier alpha value is -0.830. The highest BCUT2D eigenvalue weighted by Crippen LogP contribution is 2.08. The molecule has 3 heteroatoms. The Morgan fingerprint density at radius 3 is 2.78 bits per heavy atom. The van der Waals surface area contributed by atoms with E-state index in [4.69, 9.17) is 0 Å². The zero-order valence-electron chi connectivity index (χ0n) is 5.59. The molecule has 50 valence electrons. The number of aldehydes is 1. The van der Waals surface area contributed by atoms with E-state index in [2.05, 4.69) is 5.43 Å². The van der Waals surface area contributed by atoms with E-state index in [9.17, 15) is 4.79 Å². The van der Waals surface area contributed by atoms with Crippen molar-refractivity contribution in [1.29, 1.82) is 0 Å². The second-order valence-corrected chi connectivity index (χ2v) is 2.18. The van der Waals surface area contributed by atoms with Crippen LogP contribution in [0.5, 0.6) is 0 Å². The summed E-state index contributed by atoms with van der Waals surface area (Å²) in [5.74, 6) is 0. The Morgan fingerprint density at radius 1 is 1.89 bits per heavy atom. The van der Waals surface area contributed by atoms with E-state index in [-0.39, 0.29) is 6.04 Å². The Kier molecular flexibility index (Phi) is 1.53. The first kappa shape index (κ1) is 6.29. The lowest BCUT2D eigenvalue weighted by molar-refractivity contribution is -0.105. The fraction of sp³-hybridized carbons (Fsp3) is 0.500. The first-order valence-electron chi connectivity index (χ1n) is 2.90. The van der Waals surface area contributed by atoms with Crippen LogP contribution < -0.4 is 5.43 Å². The van der Waals surface area contributed by atoms with Crippen molar-refractivity contribution in [3.8, 4) is 0 Å². The maximum Gasteiger partial charge on any atom is 0.149 e. The molecule has 0 aromatic carbocycles. The van der Waals surface area contributed by atoms with Crippen molar-refractivity contribution < 1.29 is 4.79 Å². The fourth-order valence-electron chi connectivity index (χ4n) is 0.765. The molecule has 0 saturated carbocycles. The molecular weight excluding hydrogens is 116 g/mol. The van der Waals surface area contributed by atoms with Crippen molar-refractivity contribution in [2.75, 3.05) is 7.05 Å². The van der Waals surface area contributed by atoms with Gasteiger partial charge >= 0.3 is 0 Å². The minimum atomic E-state index is 0.211. The standard InChI is InChI=1S/C6H10N2O/c1-5-6(4-9)3-7-8(5)2/h3-5,7H,1-2H3. The van der Waals surface area contributed by atoms with Crippen LogP contribution in [-0.2, 0) is 4.79 Å². The number of nitrogens with zero attached hydrogens (tertiary/aromatic N) is 1. The molecular formula is C6H10N2O. The topological polar surface area (TPSA) is 32.3 Å². The molecule has 1 aliphatic rings. The van der Waals surface area contributed by atoms with Crippen LogP contribution in [0.15, 0.2) is 11.8 Å². The summed E-state index contributed by atoms with van der Waals surface area (Å²) in [4.78, 5) is 10.2. The molecule has 0 spiro atoms. The van der Waals surface area contributed by atoms with Gasteiger partial charge in [-0.1, -0.05) is 0 Å². The van der Waals surface area contributed by atoms with E-state index in [0.717, 1.165) is 11.9 Å². The number of carbonyl (C=O) groups excluding carboxylic acids is 1. The van der Waals surface area contributed by atoms with Crippen molar-refractivity contribution in [2.45, 2.75) is 13.0 Å². The second kappa shape index (κ2) is 2.19. The Bertz CT molecular complexity index is 153. The average molecular weight is 126 g/mol. The minimum absolute atomic E-state index is 0.211. The molecule has 0 saturated heterocycles. The minimum Gasteiger partial charge on any atom is -0.325 e. The van der Waals surface area contributed by atoms with Crippen molar-refractivity contribution in [3.63, 3.8) is 0 Å². The summed E-state index contributed by atoms with van der Waals surface area (Å²) >= 11 is 0. The molecule has 0 aromatic heterocycles. The SMILES string of the molecule is CC1C(C=O)=CNN1C. The predicted octanol–water partition coefficient (Wildman–Crippen LogP) is -0.0923. The zero-order chi connectivity index (χ0) is 6.85. The first-order valence-corrected chi connectivity index (χ1v) is 2.90. The smallest absolute Gasteiger partial charge is 0.149 e. The van der Waals surface area contributed by atoms with Crippen LogP contribution in [0.4, 0.5) is 0 Å². The lowest BCUT2D eigenvalue weighted by atomic mass is 10.2. The fourth-order valence-corrected chi connectivity index (χ4v) is 0.765. The van der Waals surface area contributed by atoms with Crippen molar-refractivity contribution in [3.05, 3.63) is 11.8 Å². The van der Waals surface area contributed by atoms with Gasteiger partial charge in [0, 0.05) is 18.8 Å². The normalized spacial score (nSPS) is 27.3. The van der Waals surface area contributed by atoms with Crippen molar-refractivity contribution in [2.24, 2.45) is 0 Å². The molecule has 0 aromatic rings. The number of rotatable bonds is 1. The van der Waals surface area contributed by atoms with E-state index in [1.165, 1.54) is 0 Å². The predicted molar refractivity (Wildman–Crippen MR) is 34.5 cm³/mol. The summed E-state index contributed by atoms with van der Waals surface area (Å²) in [7, 11) is 1.90. The number of likely N-dealkylation sites (N-methyl/N-ethyl adjacent to an activating group) is 1. The summed E-state index contributed by atoms with van der Waals surface area (Å²) in [6, 6.07) is 0.211. The molecule has 1 heterocycles. The maximum atomic E-state index is 10.2. The number of nitrogens with one attached hydrogen (secondary N) is 1. The Labute approximate surface area is 54.3 Å². The molecule has 0 radical (unpaired) electrons. The van der Waals surface area contributed by atoms with Crippen molar-refractivity contribution >= 4 is 6.29 Å². The third-order valence-electron chi connectivity index (χ3n) is 1.63. The highest BCUT2D eigenvalue weighted by Gasteiger charge is 2.17. The summed E-state index contributed by atoms with van der Waals surface area (Å²) in [5.41, 5.74) is 3.71. The molecule has 3 nitrogen and oxygen atoms in total. The van der Waals surface area contributed by atoms with Crippen molar-refractivity contribution in [1.82, 2.24) is 10.4 Å². The number of hydrazine groups is 1. The van der Waals surface area contributed by atoms with Gasteiger partial charge in [0.05, 0.1) is 6.04 Å². The summed E-state index contributed by atoms with van der Waals surface area (Å²) in [6.07, 6.45) is 2.60. The van der Waals surface area contributed by atoms with Gasteiger partial charge in [-0.25, -0.2) is 5.01 Å². The van der Waals surface area contributed by atoms with Gasteiger partial charge in [0.1, 0.15) is 6.29 Å². The highest BCUT2D eigenvalue weighted by molar-refractivity contribution is 5.75. The van der Waals surface area contributed by atoms with E-state index >= 15 is 0 Å². The molecule has 1 N–H and O–H groups in total.